The lowest BCUT2D eigenvalue weighted by Gasteiger charge is -2.25. The number of nitrogens with zero attached hydrogens (tertiary/aromatic N) is 3. The van der Waals surface area contributed by atoms with Crippen LogP contribution in [-0.2, 0) is 4.79 Å². The van der Waals surface area contributed by atoms with Gasteiger partial charge in [-0.25, -0.2) is 4.99 Å². The monoisotopic (exact) mass is 536 g/mol. The number of benzene rings is 3. The predicted octanol–water partition coefficient (Wildman–Crippen LogP) is 3.78. The van der Waals surface area contributed by atoms with Gasteiger partial charge in [0.25, 0.3) is 11.5 Å². The average molecular weight is 537 g/mol. The number of para-hydroxylation sites is 2. The number of methoxy groups -OCH3 is 1. The van der Waals surface area contributed by atoms with Crippen LogP contribution in [0.2, 0.25) is 0 Å². The molecule has 2 heterocycles. The number of rotatable bonds is 7. The van der Waals surface area contributed by atoms with Crippen LogP contribution in [0, 0.1) is 11.3 Å². The van der Waals surface area contributed by atoms with Crippen molar-refractivity contribution in [2.75, 3.05) is 19.0 Å². The second-order valence-corrected chi connectivity index (χ2v) is 9.67. The number of amides is 1. The van der Waals surface area contributed by atoms with Crippen molar-refractivity contribution in [3.63, 3.8) is 0 Å². The molecule has 9 heteroatoms. The van der Waals surface area contributed by atoms with Crippen molar-refractivity contribution < 1.29 is 14.3 Å². The van der Waals surface area contributed by atoms with Crippen LogP contribution in [0.3, 0.4) is 0 Å². The Balaban J connectivity index is 1.66. The van der Waals surface area contributed by atoms with Crippen molar-refractivity contribution in [1.29, 1.82) is 5.26 Å². The van der Waals surface area contributed by atoms with Crippen LogP contribution < -0.4 is 29.7 Å². The van der Waals surface area contributed by atoms with Crippen LogP contribution in [0.15, 0.2) is 99.9 Å². The Morgan fingerprint density at radius 3 is 2.54 bits per heavy atom. The molecule has 0 spiro atoms. The molecule has 3 aromatic carbocycles. The molecular formula is C30H24N4O4S. The molecule has 5 rings (SSSR count). The smallest absolute Gasteiger partial charge is 0.271 e. The van der Waals surface area contributed by atoms with Crippen molar-refractivity contribution in [1.82, 2.24) is 4.57 Å². The van der Waals surface area contributed by atoms with Crippen molar-refractivity contribution in [2.24, 2.45) is 4.99 Å². The maximum absolute atomic E-state index is 13.9. The first-order valence-corrected chi connectivity index (χ1v) is 12.9. The lowest BCUT2D eigenvalue weighted by Crippen LogP contribution is -2.40. The summed E-state index contributed by atoms with van der Waals surface area (Å²) in [5.41, 5.74) is 2.66. The van der Waals surface area contributed by atoms with Gasteiger partial charge in [-0.3, -0.25) is 14.2 Å². The first kappa shape index (κ1) is 25.7. The van der Waals surface area contributed by atoms with Crippen LogP contribution >= 0.6 is 11.3 Å². The van der Waals surface area contributed by atoms with Gasteiger partial charge in [0.1, 0.15) is 17.6 Å². The summed E-state index contributed by atoms with van der Waals surface area (Å²) in [5, 5.41) is 11.9. The standard InChI is InChI=1S/C30H24N4O4S/c1-19-26(28(35)33-22-9-4-3-5-10-22)27(20-12-14-23(37-2)15-13-20)34-29(36)25(39-30(34)32-19)18-21-8-6-7-11-24(21)38-17-16-31/h3-15,18,27H,17H2,1-2H3,(H,33,35)/b25-18+/t27-/m0/s1. The minimum atomic E-state index is -0.705. The van der Waals surface area contributed by atoms with E-state index in [-0.39, 0.29) is 18.1 Å². The fourth-order valence-electron chi connectivity index (χ4n) is 4.42. The molecule has 0 unspecified atom stereocenters. The van der Waals surface area contributed by atoms with Crippen LogP contribution in [0.25, 0.3) is 6.08 Å². The Labute approximate surface area is 228 Å². The molecule has 0 fully saturated rings. The van der Waals surface area contributed by atoms with Crippen molar-refractivity contribution in [3.05, 3.63) is 121 Å². The van der Waals surface area contributed by atoms with Gasteiger partial charge in [0, 0.05) is 11.3 Å². The van der Waals surface area contributed by atoms with E-state index in [0.29, 0.717) is 43.4 Å². The van der Waals surface area contributed by atoms with Gasteiger partial charge in [-0.1, -0.05) is 59.9 Å². The Bertz CT molecular complexity index is 1780. The van der Waals surface area contributed by atoms with E-state index in [1.165, 1.54) is 11.3 Å². The van der Waals surface area contributed by atoms with E-state index < -0.39 is 6.04 Å². The maximum atomic E-state index is 13.9. The van der Waals surface area contributed by atoms with Gasteiger partial charge in [0.2, 0.25) is 0 Å². The van der Waals surface area contributed by atoms with E-state index in [0.717, 1.165) is 5.56 Å². The summed E-state index contributed by atoms with van der Waals surface area (Å²) >= 11 is 1.23. The summed E-state index contributed by atoms with van der Waals surface area (Å²) in [7, 11) is 1.58. The Morgan fingerprint density at radius 2 is 1.82 bits per heavy atom. The van der Waals surface area contributed by atoms with Gasteiger partial charge in [0.15, 0.2) is 11.4 Å². The quantitative estimate of drug-likeness (QED) is 0.387. The van der Waals surface area contributed by atoms with Crippen LogP contribution in [0.4, 0.5) is 5.69 Å². The lowest BCUT2D eigenvalue weighted by atomic mass is 9.95. The van der Waals surface area contributed by atoms with Gasteiger partial charge in [-0.2, -0.15) is 5.26 Å². The third-order valence-electron chi connectivity index (χ3n) is 6.23. The minimum Gasteiger partial charge on any atom is -0.497 e. The molecule has 0 bridgehead atoms. The third kappa shape index (κ3) is 5.23. The fourth-order valence-corrected chi connectivity index (χ4v) is 5.45. The summed E-state index contributed by atoms with van der Waals surface area (Å²) in [5.74, 6) is 0.819. The van der Waals surface area contributed by atoms with Gasteiger partial charge >= 0.3 is 0 Å². The van der Waals surface area contributed by atoms with Gasteiger partial charge in [-0.05, 0) is 48.9 Å². The zero-order valence-electron chi connectivity index (χ0n) is 21.3. The van der Waals surface area contributed by atoms with Crippen LogP contribution in [0.5, 0.6) is 11.5 Å². The number of hydrogen-bond acceptors (Lipinski definition) is 7. The molecule has 1 amide bonds. The molecule has 4 aromatic rings. The molecule has 194 valence electrons. The number of anilines is 1. The molecule has 0 radical (unpaired) electrons. The number of carbonyl (C=O) groups excluding carboxylic acids is 1. The molecule has 1 aliphatic rings. The molecule has 8 nitrogen and oxygen atoms in total. The number of carbonyl (C=O) groups is 1. The topological polar surface area (TPSA) is 106 Å². The van der Waals surface area contributed by atoms with E-state index >= 15 is 0 Å². The molecule has 0 aliphatic carbocycles. The number of fused-ring (bicyclic) bond motifs is 1. The minimum absolute atomic E-state index is 0.108. The molecular weight excluding hydrogens is 512 g/mol. The van der Waals surface area contributed by atoms with Crippen LogP contribution in [0.1, 0.15) is 24.1 Å². The number of hydrogen-bond donors (Lipinski definition) is 1. The fraction of sp³-hybridized carbons (Fsp3) is 0.133. The maximum Gasteiger partial charge on any atom is 0.271 e. The molecule has 1 N–H and O–H groups in total. The Morgan fingerprint density at radius 1 is 1.10 bits per heavy atom. The highest BCUT2D eigenvalue weighted by Gasteiger charge is 2.32. The number of thiazole rings is 1. The first-order chi connectivity index (χ1) is 19.0. The zero-order chi connectivity index (χ0) is 27.4. The molecule has 1 aromatic heterocycles. The number of ether oxygens (including phenoxy) is 2. The van der Waals surface area contributed by atoms with E-state index in [1.807, 2.05) is 48.5 Å². The van der Waals surface area contributed by atoms with Gasteiger partial charge < -0.3 is 14.8 Å². The summed E-state index contributed by atoms with van der Waals surface area (Å²) in [4.78, 5) is 32.7. The summed E-state index contributed by atoms with van der Waals surface area (Å²) in [6.45, 7) is 1.67. The molecule has 39 heavy (non-hydrogen) atoms. The van der Waals surface area contributed by atoms with Crippen molar-refractivity contribution >= 4 is 29.0 Å². The van der Waals surface area contributed by atoms with Crippen molar-refractivity contribution in [3.8, 4) is 17.6 Å². The van der Waals surface area contributed by atoms with Crippen LogP contribution in [-0.4, -0.2) is 24.2 Å². The first-order valence-electron chi connectivity index (χ1n) is 12.1. The lowest BCUT2D eigenvalue weighted by molar-refractivity contribution is -0.113. The van der Waals surface area contributed by atoms with E-state index in [4.69, 9.17) is 14.7 Å². The van der Waals surface area contributed by atoms with Gasteiger partial charge in [-0.15, -0.1) is 0 Å². The second kappa shape index (κ2) is 11.2. The Kier molecular flexibility index (Phi) is 7.39. The third-order valence-corrected chi connectivity index (χ3v) is 7.21. The van der Waals surface area contributed by atoms with Gasteiger partial charge in [0.05, 0.1) is 29.0 Å². The van der Waals surface area contributed by atoms with E-state index in [2.05, 4.69) is 10.3 Å². The zero-order valence-corrected chi connectivity index (χ0v) is 22.1. The largest absolute Gasteiger partial charge is 0.497 e. The number of allylic oxidation sites excluding steroid dienone is 1. The number of aromatic nitrogens is 1. The normalized spacial score (nSPS) is 14.7. The molecule has 1 aliphatic heterocycles. The molecule has 0 saturated heterocycles. The highest BCUT2D eigenvalue weighted by Crippen LogP contribution is 2.31. The van der Waals surface area contributed by atoms with Crippen molar-refractivity contribution in [2.45, 2.75) is 13.0 Å². The van der Waals surface area contributed by atoms with E-state index in [1.54, 1.807) is 61.1 Å². The molecule has 0 saturated carbocycles. The SMILES string of the molecule is COc1ccc([C@H]2C(C(=O)Nc3ccccc3)=C(C)N=c3s/c(=C/c4ccccc4OCC#N)c(=O)n32)cc1. The summed E-state index contributed by atoms with van der Waals surface area (Å²) in [6.07, 6.45) is 1.73. The molecule has 1 atom stereocenters. The highest BCUT2D eigenvalue weighted by molar-refractivity contribution is 7.07. The van der Waals surface area contributed by atoms with E-state index in [9.17, 15) is 9.59 Å². The number of nitrogens with one attached hydrogen (secondary N) is 1. The highest BCUT2D eigenvalue weighted by atomic mass is 32.1. The second-order valence-electron chi connectivity index (χ2n) is 8.66. The predicted molar refractivity (Wildman–Crippen MR) is 149 cm³/mol. The Hall–Kier alpha value is -4.94. The summed E-state index contributed by atoms with van der Waals surface area (Å²) in [6, 6.07) is 24.9. The average Bonchev–Trinajstić information content (AvgIpc) is 3.26. The number of nitriles is 1. The summed E-state index contributed by atoms with van der Waals surface area (Å²) < 4.78 is 12.9.